The fourth-order valence-electron chi connectivity index (χ4n) is 13.4. The minimum atomic E-state index is -0.450. The molecule has 6 fully saturated rings. The van der Waals surface area contributed by atoms with Crippen molar-refractivity contribution in [1.82, 2.24) is 65.8 Å². The van der Waals surface area contributed by atoms with Crippen molar-refractivity contribution in [2.75, 3.05) is 126 Å². The van der Waals surface area contributed by atoms with E-state index in [1.807, 2.05) is 6.92 Å². The van der Waals surface area contributed by atoms with Gasteiger partial charge in [0.15, 0.2) is 0 Å². The highest BCUT2D eigenvalue weighted by Gasteiger charge is 2.33. The molecule has 0 aromatic carbocycles. The maximum absolute atomic E-state index is 12.1. The molecule has 103 heavy (non-hydrogen) atoms. The molecular formula is C84H177N17O2. The third-order valence-corrected chi connectivity index (χ3v) is 21.9. The molecule has 2 amide bonds. The second kappa shape index (κ2) is 49.1. The SMILES string of the molecule is C=C(N)NC1CCN(C(C)(C)C)CC1.C=C(N)NCCC[C@H](N)C(=O)NC1CCN(C(C)(C)C)CC1.CC(C)(C)N1CCCCC1.CC(C)=CCNC1CCN(C(C)(C)C)CC1.CCN(C)C1CCN(C(C)(C)C)CC1.CN(C)C(C)(C)C.C[C@@H](CCCCN)C(=O)NC1CCN(C(C)(C)C)CC1. The third-order valence-electron chi connectivity index (χ3n) is 21.9. The van der Waals surface area contributed by atoms with Gasteiger partial charge in [0.1, 0.15) is 0 Å². The van der Waals surface area contributed by atoms with Crippen LogP contribution in [0.3, 0.4) is 0 Å². The lowest BCUT2D eigenvalue weighted by Gasteiger charge is -2.42. The normalized spacial score (nSPS) is 19.8. The van der Waals surface area contributed by atoms with Crippen LogP contribution in [0, 0.1) is 5.92 Å². The lowest BCUT2D eigenvalue weighted by atomic mass is 9.97. The first-order valence-corrected chi connectivity index (χ1v) is 41.0. The number of hydrogen-bond donors (Lipinski definition) is 9. The van der Waals surface area contributed by atoms with Gasteiger partial charge in [0.2, 0.25) is 11.8 Å². The molecule has 2 atom stereocenters. The average molecular weight is 1460 g/mol. The second-order valence-electron chi connectivity index (χ2n) is 38.2. The van der Waals surface area contributed by atoms with Gasteiger partial charge < -0.3 is 59.3 Å². The minimum absolute atomic E-state index is 0.0409. The number of rotatable bonds is 20. The Labute approximate surface area is 638 Å². The number of likely N-dealkylation sites (tertiary alicyclic amines) is 6. The van der Waals surface area contributed by atoms with Gasteiger partial charge in [-0.2, -0.15) is 0 Å². The van der Waals surface area contributed by atoms with E-state index in [4.69, 9.17) is 22.9 Å². The van der Waals surface area contributed by atoms with E-state index in [-0.39, 0.29) is 34.9 Å². The van der Waals surface area contributed by atoms with E-state index in [1.165, 1.54) is 96.3 Å². The van der Waals surface area contributed by atoms with E-state index in [1.54, 1.807) is 0 Å². The Bertz CT molecular complexity index is 2250. The fraction of sp³-hybridized carbons (Fsp3) is 0.905. The van der Waals surface area contributed by atoms with Crippen LogP contribution in [0.1, 0.15) is 289 Å². The molecule has 0 radical (unpaired) electrons. The first-order valence-electron chi connectivity index (χ1n) is 41.0. The Morgan fingerprint density at radius 1 is 0.476 bits per heavy atom. The van der Waals surface area contributed by atoms with Gasteiger partial charge in [0, 0.05) is 153 Å². The Kier molecular flexibility index (Phi) is 47.7. The van der Waals surface area contributed by atoms with Crippen LogP contribution in [0.4, 0.5) is 0 Å². The van der Waals surface area contributed by atoms with Crippen LogP contribution in [0.15, 0.2) is 36.4 Å². The van der Waals surface area contributed by atoms with Crippen molar-refractivity contribution < 1.29 is 9.59 Å². The molecule has 6 aliphatic heterocycles. The summed E-state index contributed by atoms with van der Waals surface area (Å²) in [5.74, 6) is 1.34. The summed E-state index contributed by atoms with van der Waals surface area (Å²) in [6, 6.07) is 2.21. The highest BCUT2D eigenvalue weighted by Crippen LogP contribution is 2.26. The van der Waals surface area contributed by atoms with Crippen molar-refractivity contribution in [2.45, 2.75) is 364 Å². The van der Waals surface area contributed by atoms with Crippen molar-refractivity contribution in [3.05, 3.63) is 36.4 Å². The molecule has 13 N–H and O–H groups in total. The summed E-state index contributed by atoms with van der Waals surface area (Å²) >= 11 is 0. The standard InChI is InChI=1S/C16H33N5O.C16H33N3O.C14H28N2.C12H26N2.C11H23N3.C9H19N.C6H15N/c1-12(17)19-9-5-6-14(18)15(22)20-13-7-10-21(11-8-13)16(2,3)4;1-13(7-5-6-10-17)15(20)18-14-8-11-19(12-9-14)16(2,3)4;1-12(2)6-9-15-13-7-10-16(11-8-13)14(3,4)5;1-6-13(5)11-7-9-14(10-8-11)12(2,3)4;1-9(12)13-10-5-7-14(8-6-10)11(2,3)4;1-9(2,3)10-7-5-4-6-8-10;1-6(2,3)7(4)5/h13-14,19H,1,5-11,17-18H2,2-4H3,(H,20,22);13-14H,5-12,17H2,1-4H3,(H,18,20);6,13,15H,7-11H2,1-5H3;11H,6-10H2,1-5H3;10,13H,1,5-8,12H2,2-4H3;4-8H2,1-3H3;1-5H3/t14-;13-;;;;;/m00...../s1. The predicted octanol–water partition coefficient (Wildman–Crippen LogP) is 12.5. The maximum Gasteiger partial charge on any atom is 0.237 e. The molecule has 0 unspecified atom stereocenters. The molecule has 0 aromatic heterocycles. The van der Waals surface area contributed by atoms with Gasteiger partial charge >= 0.3 is 0 Å². The first-order chi connectivity index (χ1) is 47.3. The zero-order valence-corrected chi connectivity index (χ0v) is 73.3. The summed E-state index contributed by atoms with van der Waals surface area (Å²) in [4.78, 5) is 44.2. The monoisotopic (exact) mass is 1460 g/mol. The van der Waals surface area contributed by atoms with Crippen molar-refractivity contribution in [3.63, 3.8) is 0 Å². The van der Waals surface area contributed by atoms with Gasteiger partial charge in [-0.1, -0.05) is 51.5 Å². The number of hydrogen-bond acceptors (Lipinski definition) is 17. The number of allylic oxidation sites excluding steroid dienone is 1. The lowest BCUT2D eigenvalue weighted by Crippen LogP contribution is -2.53. The Balaban J connectivity index is 0.00000120. The number of nitrogens with two attached hydrogens (primary N) is 4. The molecule has 6 saturated heterocycles. The fourth-order valence-corrected chi connectivity index (χ4v) is 13.4. The zero-order valence-electron chi connectivity index (χ0n) is 73.3. The van der Waals surface area contributed by atoms with E-state index < -0.39 is 6.04 Å². The van der Waals surface area contributed by atoms with Gasteiger partial charge in [-0.15, -0.1) is 0 Å². The number of nitrogens with zero attached hydrogens (tertiary/aromatic N) is 8. The van der Waals surface area contributed by atoms with Gasteiger partial charge in [-0.3, -0.25) is 39.0 Å². The molecule has 0 spiro atoms. The number of unbranched alkanes of at least 4 members (excludes halogenated alkanes) is 1. The number of amides is 2. The number of nitrogens with one attached hydrogen (secondary N) is 5. The Morgan fingerprint density at radius 3 is 1.11 bits per heavy atom. The van der Waals surface area contributed by atoms with Crippen molar-refractivity contribution in [3.8, 4) is 0 Å². The molecular weight excluding hydrogens is 1280 g/mol. The smallest absolute Gasteiger partial charge is 0.237 e. The van der Waals surface area contributed by atoms with Crippen molar-refractivity contribution in [1.29, 1.82) is 0 Å². The average Bonchev–Trinajstić information content (AvgIpc) is 0.875. The van der Waals surface area contributed by atoms with E-state index in [9.17, 15) is 9.59 Å². The van der Waals surface area contributed by atoms with Crippen molar-refractivity contribution in [2.24, 2.45) is 28.9 Å². The van der Waals surface area contributed by atoms with E-state index in [0.717, 1.165) is 123 Å². The zero-order chi connectivity index (χ0) is 79.3. The van der Waals surface area contributed by atoms with Crippen LogP contribution >= 0.6 is 0 Å². The summed E-state index contributed by atoms with van der Waals surface area (Å²) in [6.07, 6.45) is 22.6. The molecule has 0 aliphatic carbocycles. The summed E-state index contributed by atoms with van der Waals surface area (Å²) in [6.45, 7) is 81.1. The largest absolute Gasteiger partial charge is 0.386 e. The van der Waals surface area contributed by atoms with Crippen LogP contribution in [-0.2, 0) is 9.59 Å². The molecule has 0 bridgehead atoms. The lowest BCUT2D eigenvalue weighted by molar-refractivity contribution is -0.126. The second-order valence-corrected chi connectivity index (χ2v) is 38.2. The van der Waals surface area contributed by atoms with E-state index >= 15 is 0 Å². The summed E-state index contributed by atoms with van der Waals surface area (Å²) in [5.41, 5.74) is 25.9. The first kappa shape index (κ1) is 99.9. The summed E-state index contributed by atoms with van der Waals surface area (Å²) in [5, 5.41) is 16.1. The third kappa shape index (κ3) is 46.8. The van der Waals surface area contributed by atoms with Gasteiger partial charge in [0.05, 0.1) is 17.7 Å². The van der Waals surface area contributed by atoms with E-state index in [0.29, 0.717) is 70.4 Å². The molecule has 6 aliphatic rings. The number of carbonyl (C=O) groups excluding carboxylic acids is 2. The van der Waals surface area contributed by atoms with Gasteiger partial charge in [-0.25, -0.2) is 0 Å². The highest BCUT2D eigenvalue weighted by molar-refractivity contribution is 5.81. The molecule has 0 aromatic rings. The Hall–Kier alpha value is -3.08. The molecule has 6 heterocycles. The summed E-state index contributed by atoms with van der Waals surface area (Å²) in [7, 11) is 6.41. The molecule has 6 rings (SSSR count). The van der Waals surface area contributed by atoms with Crippen LogP contribution in [-0.4, -0.2) is 252 Å². The quantitative estimate of drug-likeness (QED) is 0.0408. The van der Waals surface area contributed by atoms with Crippen molar-refractivity contribution >= 4 is 11.8 Å². The molecule has 19 nitrogen and oxygen atoms in total. The molecule has 19 heteroatoms. The van der Waals surface area contributed by atoms with Crippen LogP contribution < -0.4 is 49.5 Å². The highest BCUT2D eigenvalue weighted by atomic mass is 16.2. The summed E-state index contributed by atoms with van der Waals surface area (Å²) < 4.78 is 0. The van der Waals surface area contributed by atoms with Crippen LogP contribution in [0.5, 0.6) is 0 Å². The van der Waals surface area contributed by atoms with Gasteiger partial charge in [-0.05, 0) is 309 Å². The number of piperidine rings is 6. The predicted molar refractivity (Wildman–Crippen MR) is 449 cm³/mol. The minimum Gasteiger partial charge on any atom is -0.386 e. The molecule has 0 saturated carbocycles. The van der Waals surface area contributed by atoms with Gasteiger partial charge in [0.25, 0.3) is 0 Å². The Morgan fingerprint density at radius 2 is 0.806 bits per heavy atom. The topological polar surface area (TPSA) is 224 Å². The molecule has 610 valence electrons. The van der Waals surface area contributed by atoms with Crippen LogP contribution in [0.25, 0.3) is 0 Å². The number of carbonyl (C=O) groups is 2. The maximum atomic E-state index is 12.1. The van der Waals surface area contributed by atoms with Crippen LogP contribution in [0.2, 0.25) is 0 Å². The van der Waals surface area contributed by atoms with E-state index in [2.05, 4.69) is 272 Å².